The van der Waals surface area contributed by atoms with Crippen molar-refractivity contribution in [1.29, 1.82) is 0 Å². The van der Waals surface area contributed by atoms with Crippen molar-refractivity contribution in [2.75, 3.05) is 24.6 Å². The van der Waals surface area contributed by atoms with Gasteiger partial charge in [-0.1, -0.05) is 0 Å². The van der Waals surface area contributed by atoms with E-state index in [4.69, 9.17) is 5.11 Å². The molecular weight excluding hydrogens is 210 g/mol. The molecule has 0 fully saturated rings. The number of aliphatic hydroxyl groups is 1. The van der Waals surface area contributed by atoms with E-state index in [0.717, 1.165) is 0 Å². The number of likely N-dealkylation sites (N-methyl/N-ethyl adjacent to an activating group) is 1. The van der Waals surface area contributed by atoms with Crippen LogP contribution in [0.25, 0.3) is 5.65 Å². The molecule has 2 heterocycles. The van der Waals surface area contributed by atoms with Crippen molar-refractivity contribution in [2.45, 2.75) is 6.92 Å². The largest absolute Gasteiger partial charge is 0.395 e. The van der Waals surface area contributed by atoms with Crippen LogP contribution in [0.2, 0.25) is 0 Å². The summed E-state index contributed by atoms with van der Waals surface area (Å²) >= 11 is 0. The van der Waals surface area contributed by atoms with Crippen LogP contribution < -0.4 is 10.6 Å². The van der Waals surface area contributed by atoms with Crippen LogP contribution >= 0.6 is 0 Å². The molecule has 0 radical (unpaired) electrons. The highest BCUT2D eigenvalue weighted by atomic mass is 16.3. The summed E-state index contributed by atoms with van der Waals surface area (Å²) in [4.78, 5) is 13.2. The number of nitrogens with zero attached hydrogens (tertiary/aromatic N) is 4. The molecule has 0 spiro atoms. The van der Waals surface area contributed by atoms with Crippen molar-refractivity contribution in [2.24, 2.45) is 0 Å². The van der Waals surface area contributed by atoms with Gasteiger partial charge in [-0.15, -0.1) is 5.10 Å². The summed E-state index contributed by atoms with van der Waals surface area (Å²) in [5.41, 5.74) is 0.116. The molecule has 7 nitrogen and oxygen atoms in total. The average molecular weight is 223 g/mol. The molecule has 0 aromatic carbocycles. The minimum atomic E-state index is -0.364. The second-order valence-corrected chi connectivity index (χ2v) is 3.29. The lowest BCUT2D eigenvalue weighted by Gasteiger charge is -2.19. The number of H-pyrrole nitrogens is 1. The van der Waals surface area contributed by atoms with E-state index in [2.05, 4.69) is 15.3 Å². The quantitative estimate of drug-likeness (QED) is 0.711. The van der Waals surface area contributed by atoms with E-state index in [1.165, 1.54) is 4.52 Å². The Kier molecular flexibility index (Phi) is 2.86. The topological polar surface area (TPSA) is 86.5 Å². The van der Waals surface area contributed by atoms with Crippen LogP contribution in [0.15, 0.2) is 16.9 Å². The van der Waals surface area contributed by atoms with Crippen LogP contribution in [0, 0.1) is 0 Å². The third kappa shape index (κ3) is 1.76. The molecule has 2 aromatic rings. The predicted octanol–water partition coefficient (Wildman–Crippen LogP) is -0.764. The Bertz CT molecular complexity index is 532. The molecule has 0 bridgehead atoms. The molecule has 0 saturated heterocycles. The van der Waals surface area contributed by atoms with Gasteiger partial charge in [0, 0.05) is 13.1 Å². The summed E-state index contributed by atoms with van der Waals surface area (Å²) < 4.78 is 1.20. The van der Waals surface area contributed by atoms with Crippen LogP contribution in [0.3, 0.4) is 0 Å². The van der Waals surface area contributed by atoms with Gasteiger partial charge in [-0.05, 0) is 19.1 Å². The Morgan fingerprint density at radius 2 is 2.38 bits per heavy atom. The smallest absolute Gasteiger partial charge is 0.364 e. The summed E-state index contributed by atoms with van der Waals surface area (Å²) in [7, 11) is 0. The van der Waals surface area contributed by atoms with Crippen LogP contribution in [0.4, 0.5) is 5.82 Å². The van der Waals surface area contributed by atoms with Crippen molar-refractivity contribution < 1.29 is 5.11 Å². The SMILES string of the molecule is CCN(CCO)c1ccc2n[nH]c(=O)n2n1. The van der Waals surface area contributed by atoms with Crippen LogP contribution in [0.5, 0.6) is 0 Å². The first kappa shape index (κ1) is 10.6. The predicted molar refractivity (Wildman–Crippen MR) is 58.6 cm³/mol. The molecule has 2 N–H and O–H groups in total. The lowest BCUT2D eigenvalue weighted by molar-refractivity contribution is 0.302. The Labute approximate surface area is 91.3 Å². The van der Waals surface area contributed by atoms with E-state index in [1.807, 2.05) is 11.8 Å². The molecule has 0 aliphatic heterocycles. The molecule has 0 saturated carbocycles. The van der Waals surface area contributed by atoms with E-state index in [1.54, 1.807) is 12.1 Å². The summed E-state index contributed by atoms with van der Waals surface area (Å²) in [6.07, 6.45) is 0. The fourth-order valence-corrected chi connectivity index (χ4v) is 1.52. The van der Waals surface area contributed by atoms with E-state index in [0.29, 0.717) is 24.6 Å². The summed E-state index contributed by atoms with van der Waals surface area (Å²) in [5, 5.41) is 19.2. The highest BCUT2D eigenvalue weighted by molar-refractivity contribution is 5.44. The Morgan fingerprint density at radius 1 is 1.56 bits per heavy atom. The first-order chi connectivity index (χ1) is 7.76. The summed E-state index contributed by atoms with van der Waals surface area (Å²) in [5.74, 6) is 0.646. The van der Waals surface area contributed by atoms with Crippen molar-refractivity contribution >= 4 is 11.5 Å². The van der Waals surface area contributed by atoms with Crippen LogP contribution in [-0.2, 0) is 0 Å². The number of rotatable bonds is 4. The molecular formula is C9H13N5O2. The minimum Gasteiger partial charge on any atom is -0.395 e. The Balaban J connectivity index is 2.44. The van der Waals surface area contributed by atoms with Crippen molar-refractivity contribution in [3.8, 4) is 0 Å². The summed E-state index contributed by atoms with van der Waals surface area (Å²) in [6, 6.07) is 3.48. The number of hydrogen-bond donors (Lipinski definition) is 2. The molecule has 2 rings (SSSR count). The normalized spacial score (nSPS) is 10.9. The maximum atomic E-state index is 11.3. The van der Waals surface area contributed by atoms with Crippen molar-refractivity contribution in [1.82, 2.24) is 19.8 Å². The first-order valence-corrected chi connectivity index (χ1v) is 5.06. The van der Waals surface area contributed by atoms with Gasteiger partial charge in [-0.25, -0.2) is 9.89 Å². The number of aliphatic hydroxyl groups excluding tert-OH is 1. The van der Waals surface area contributed by atoms with E-state index in [-0.39, 0.29) is 12.3 Å². The van der Waals surface area contributed by atoms with Gasteiger partial charge in [0.1, 0.15) is 5.82 Å². The number of anilines is 1. The van der Waals surface area contributed by atoms with E-state index >= 15 is 0 Å². The molecule has 16 heavy (non-hydrogen) atoms. The number of fused-ring (bicyclic) bond motifs is 1. The number of aromatic nitrogens is 4. The monoisotopic (exact) mass is 223 g/mol. The maximum absolute atomic E-state index is 11.3. The van der Waals surface area contributed by atoms with Crippen molar-refractivity contribution in [3.05, 3.63) is 22.6 Å². The third-order valence-corrected chi connectivity index (χ3v) is 2.34. The number of aromatic amines is 1. The fraction of sp³-hybridized carbons (Fsp3) is 0.444. The second kappa shape index (κ2) is 4.31. The molecule has 0 amide bonds. The molecule has 0 atom stereocenters. The minimum absolute atomic E-state index is 0.0494. The van der Waals surface area contributed by atoms with Crippen LogP contribution in [-0.4, -0.2) is 44.6 Å². The van der Waals surface area contributed by atoms with Crippen LogP contribution in [0.1, 0.15) is 6.92 Å². The molecule has 2 aromatic heterocycles. The van der Waals surface area contributed by atoms with Gasteiger partial charge < -0.3 is 10.0 Å². The van der Waals surface area contributed by atoms with Gasteiger partial charge in [0.2, 0.25) is 0 Å². The molecule has 86 valence electrons. The lowest BCUT2D eigenvalue weighted by atomic mass is 10.4. The lowest BCUT2D eigenvalue weighted by Crippen LogP contribution is -2.28. The van der Waals surface area contributed by atoms with E-state index in [9.17, 15) is 4.79 Å². The first-order valence-electron chi connectivity index (χ1n) is 5.06. The Hall–Kier alpha value is -1.89. The standard InChI is InChI=1S/C9H13N5O2/c1-2-13(5-6-15)8-4-3-7-10-11-9(16)14(7)12-8/h3-4,15H,2,5-6H2,1H3,(H,11,16). The van der Waals surface area contributed by atoms with E-state index < -0.39 is 0 Å². The average Bonchev–Trinajstić information content (AvgIpc) is 2.68. The second-order valence-electron chi connectivity index (χ2n) is 3.29. The molecule has 0 unspecified atom stereocenters. The molecule has 7 heteroatoms. The van der Waals surface area contributed by atoms with Gasteiger partial charge in [0.15, 0.2) is 5.65 Å². The molecule has 0 aliphatic rings. The maximum Gasteiger partial charge on any atom is 0.364 e. The number of hydrogen-bond acceptors (Lipinski definition) is 5. The van der Waals surface area contributed by atoms with Gasteiger partial charge >= 0.3 is 5.69 Å². The van der Waals surface area contributed by atoms with Crippen molar-refractivity contribution in [3.63, 3.8) is 0 Å². The molecule has 0 aliphatic carbocycles. The highest BCUT2D eigenvalue weighted by Gasteiger charge is 2.08. The summed E-state index contributed by atoms with van der Waals surface area (Å²) in [6.45, 7) is 3.21. The zero-order valence-corrected chi connectivity index (χ0v) is 8.92. The van der Waals surface area contributed by atoms with Gasteiger partial charge in [0.25, 0.3) is 0 Å². The van der Waals surface area contributed by atoms with Gasteiger partial charge in [-0.2, -0.15) is 9.61 Å². The third-order valence-electron chi connectivity index (χ3n) is 2.34. The zero-order chi connectivity index (χ0) is 11.5. The zero-order valence-electron chi connectivity index (χ0n) is 8.92. The number of nitrogens with one attached hydrogen (secondary N) is 1. The highest BCUT2D eigenvalue weighted by Crippen LogP contribution is 2.09. The van der Waals surface area contributed by atoms with Gasteiger partial charge in [-0.3, -0.25) is 0 Å². The Morgan fingerprint density at radius 3 is 3.06 bits per heavy atom. The fourth-order valence-electron chi connectivity index (χ4n) is 1.52. The van der Waals surface area contributed by atoms with Gasteiger partial charge in [0.05, 0.1) is 6.61 Å².